The summed E-state index contributed by atoms with van der Waals surface area (Å²) in [6, 6.07) is 9.19. The highest BCUT2D eigenvalue weighted by molar-refractivity contribution is 5.85. The number of nitrogens with one attached hydrogen (secondary N) is 1. The fourth-order valence-corrected chi connectivity index (χ4v) is 1.62. The van der Waals surface area contributed by atoms with Gasteiger partial charge in [0.1, 0.15) is 5.75 Å². The number of rotatable bonds is 5. The lowest BCUT2D eigenvalue weighted by Crippen LogP contribution is -1.94. The van der Waals surface area contributed by atoms with Crippen LogP contribution in [0, 0.1) is 20.2 Å². The molecule has 2 aromatic carbocycles. The average molecular weight is 302 g/mol. The topological polar surface area (TPSA) is 131 Å². The predicted octanol–water partition coefficient (Wildman–Crippen LogP) is 2.65. The van der Waals surface area contributed by atoms with E-state index in [9.17, 15) is 25.3 Å². The van der Waals surface area contributed by atoms with Crippen molar-refractivity contribution < 1.29 is 15.0 Å². The first kappa shape index (κ1) is 14.9. The third-order valence-electron chi connectivity index (χ3n) is 2.68. The Morgan fingerprint density at radius 1 is 1.05 bits per heavy atom. The van der Waals surface area contributed by atoms with Gasteiger partial charge in [0.15, 0.2) is 0 Å². The van der Waals surface area contributed by atoms with Crippen LogP contribution in [0.15, 0.2) is 47.6 Å². The van der Waals surface area contributed by atoms with Crippen LogP contribution in [-0.2, 0) is 0 Å². The van der Waals surface area contributed by atoms with Crippen LogP contribution in [0.5, 0.6) is 5.75 Å². The van der Waals surface area contributed by atoms with Crippen LogP contribution in [0.25, 0.3) is 0 Å². The summed E-state index contributed by atoms with van der Waals surface area (Å²) in [5, 5.41) is 34.7. The van der Waals surface area contributed by atoms with E-state index in [0.717, 1.165) is 6.07 Å². The fourth-order valence-electron chi connectivity index (χ4n) is 1.62. The molecule has 0 aromatic heterocycles. The quantitative estimate of drug-likeness (QED) is 0.496. The molecule has 0 fully saturated rings. The van der Waals surface area contributed by atoms with Crippen molar-refractivity contribution in [2.75, 3.05) is 5.43 Å². The standard InChI is InChI=1S/C13H10N4O5/c18-13-5-4-12(17(21)22)6-9(13)8-14-15-10-2-1-3-11(7-10)16(19)20/h1-8,15,18H/b14-8-. The van der Waals surface area contributed by atoms with Gasteiger partial charge in [-0.05, 0) is 12.1 Å². The van der Waals surface area contributed by atoms with E-state index in [4.69, 9.17) is 0 Å². The highest BCUT2D eigenvalue weighted by atomic mass is 16.6. The van der Waals surface area contributed by atoms with Gasteiger partial charge >= 0.3 is 0 Å². The minimum absolute atomic E-state index is 0.0987. The molecule has 2 rings (SSSR count). The molecule has 2 N–H and O–H groups in total. The van der Waals surface area contributed by atoms with Crippen LogP contribution < -0.4 is 5.43 Å². The molecular weight excluding hydrogens is 292 g/mol. The van der Waals surface area contributed by atoms with E-state index >= 15 is 0 Å². The third kappa shape index (κ3) is 3.54. The van der Waals surface area contributed by atoms with Crippen molar-refractivity contribution in [1.29, 1.82) is 0 Å². The molecule has 0 saturated carbocycles. The SMILES string of the molecule is O=[N+]([O-])c1cccc(N/N=C\c2cc([N+](=O)[O-])ccc2O)c1. The van der Waals surface area contributed by atoms with Gasteiger partial charge in [-0.3, -0.25) is 25.7 Å². The van der Waals surface area contributed by atoms with Crippen LogP contribution in [0.2, 0.25) is 0 Å². The van der Waals surface area contributed by atoms with Crippen molar-refractivity contribution in [3.8, 4) is 5.75 Å². The Kier molecular flexibility index (Phi) is 4.27. The highest BCUT2D eigenvalue weighted by Crippen LogP contribution is 2.21. The molecule has 0 unspecified atom stereocenters. The van der Waals surface area contributed by atoms with Gasteiger partial charge in [0, 0.05) is 29.8 Å². The maximum absolute atomic E-state index is 10.7. The number of nitro benzene ring substituents is 2. The summed E-state index contributed by atoms with van der Waals surface area (Å²) in [4.78, 5) is 20.2. The number of benzene rings is 2. The molecule has 9 nitrogen and oxygen atoms in total. The summed E-state index contributed by atoms with van der Waals surface area (Å²) in [7, 11) is 0. The molecule has 0 atom stereocenters. The maximum atomic E-state index is 10.7. The van der Waals surface area contributed by atoms with Crippen molar-refractivity contribution in [2.45, 2.75) is 0 Å². The number of anilines is 1. The van der Waals surface area contributed by atoms with Gasteiger partial charge in [-0.15, -0.1) is 0 Å². The minimum Gasteiger partial charge on any atom is -0.507 e. The van der Waals surface area contributed by atoms with E-state index in [2.05, 4.69) is 10.5 Å². The van der Waals surface area contributed by atoms with E-state index in [-0.39, 0.29) is 22.7 Å². The van der Waals surface area contributed by atoms with E-state index in [1.165, 1.54) is 36.5 Å². The van der Waals surface area contributed by atoms with Gasteiger partial charge in [0.25, 0.3) is 11.4 Å². The van der Waals surface area contributed by atoms with E-state index in [0.29, 0.717) is 5.69 Å². The largest absolute Gasteiger partial charge is 0.507 e. The summed E-state index contributed by atoms with van der Waals surface area (Å²) < 4.78 is 0. The second-order valence-corrected chi connectivity index (χ2v) is 4.18. The predicted molar refractivity (Wildman–Crippen MR) is 79.1 cm³/mol. The zero-order valence-corrected chi connectivity index (χ0v) is 11.0. The number of nitro groups is 2. The highest BCUT2D eigenvalue weighted by Gasteiger charge is 2.09. The van der Waals surface area contributed by atoms with Gasteiger partial charge < -0.3 is 5.11 Å². The summed E-state index contributed by atoms with van der Waals surface area (Å²) in [5.41, 5.74) is 2.78. The van der Waals surface area contributed by atoms with E-state index in [1.54, 1.807) is 6.07 Å². The molecule has 0 bridgehead atoms. The van der Waals surface area contributed by atoms with Gasteiger partial charge in [-0.1, -0.05) is 6.07 Å². The van der Waals surface area contributed by atoms with Crippen LogP contribution in [0.4, 0.5) is 17.1 Å². The number of aromatic hydroxyl groups is 1. The van der Waals surface area contributed by atoms with Crippen molar-refractivity contribution in [2.24, 2.45) is 5.10 Å². The molecule has 2 aromatic rings. The monoisotopic (exact) mass is 302 g/mol. The molecule has 0 heterocycles. The van der Waals surface area contributed by atoms with Crippen LogP contribution >= 0.6 is 0 Å². The number of hydrogen-bond donors (Lipinski definition) is 2. The van der Waals surface area contributed by atoms with E-state index in [1.807, 2.05) is 0 Å². The van der Waals surface area contributed by atoms with Gasteiger partial charge in [0.2, 0.25) is 0 Å². The van der Waals surface area contributed by atoms with Crippen molar-refractivity contribution in [1.82, 2.24) is 0 Å². The fraction of sp³-hybridized carbons (Fsp3) is 0. The normalized spacial score (nSPS) is 10.5. The molecule has 0 spiro atoms. The lowest BCUT2D eigenvalue weighted by molar-refractivity contribution is -0.385. The first-order valence-corrected chi connectivity index (χ1v) is 5.98. The lowest BCUT2D eigenvalue weighted by Gasteiger charge is -2.01. The molecule has 0 amide bonds. The zero-order chi connectivity index (χ0) is 16.1. The van der Waals surface area contributed by atoms with Crippen LogP contribution in [-0.4, -0.2) is 21.2 Å². The Labute approximate surface area is 123 Å². The van der Waals surface area contributed by atoms with Gasteiger partial charge in [-0.2, -0.15) is 5.10 Å². The summed E-state index contributed by atoms with van der Waals surface area (Å²) in [6.45, 7) is 0. The first-order valence-electron chi connectivity index (χ1n) is 5.98. The molecule has 22 heavy (non-hydrogen) atoms. The van der Waals surface area contributed by atoms with Gasteiger partial charge in [0.05, 0.1) is 21.7 Å². The lowest BCUT2D eigenvalue weighted by atomic mass is 10.2. The first-order chi connectivity index (χ1) is 10.5. The molecule has 9 heteroatoms. The van der Waals surface area contributed by atoms with Crippen LogP contribution in [0.1, 0.15) is 5.56 Å². The smallest absolute Gasteiger partial charge is 0.271 e. The molecule has 0 aliphatic heterocycles. The Bertz CT molecular complexity index is 760. The number of phenols is 1. The summed E-state index contributed by atoms with van der Waals surface area (Å²) in [5.74, 6) is -0.171. The Morgan fingerprint density at radius 3 is 2.41 bits per heavy atom. The number of non-ortho nitro benzene ring substituents is 2. The molecule has 112 valence electrons. The summed E-state index contributed by atoms with van der Waals surface area (Å²) in [6.07, 6.45) is 1.18. The van der Waals surface area contributed by atoms with Crippen LogP contribution in [0.3, 0.4) is 0 Å². The second-order valence-electron chi connectivity index (χ2n) is 4.18. The number of phenolic OH excluding ortho intramolecular Hbond substituents is 1. The minimum atomic E-state index is -0.592. The van der Waals surface area contributed by atoms with E-state index < -0.39 is 9.85 Å². The Morgan fingerprint density at radius 2 is 1.73 bits per heavy atom. The van der Waals surface area contributed by atoms with Crippen molar-refractivity contribution in [3.63, 3.8) is 0 Å². The third-order valence-corrected chi connectivity index (χ3v) is 2.68. The van der Waals surface area contributed by atoms with Crippen molar-refractivity contribution in [3.05, 3.63) is 68.3 Å². The molecule has 0 radical (unpaired) electrons. The van der Waals surface area contributed by atoms with Crippen molar-refractivity contribution >= 4 is 23.3 Å². The average Bonchev–Trinajstić information content (AvgIpc) is 2.49. The molecule has 0 aliphatic carbocycles. The Balaban J connectivity index is 2.16. The number of nitrogens with zero attached hydrogens (tertiary/aromatic N) is 3. The molecule has 0 saturated heterocycles. The molecular formula is C13H10N4O5. The molecule has 0 aliphatic rings. The zero-order valence-electron chi connectivity index (χ0n) is 11.0. The second kappa shape index (κ2) is 6.31. The maximum Gasteiger partial charge on any atom is 0.271 e. The number of hydrazone groups is 1. The summed E-state index contributed by atoms with van der Waals surface area (Å²) >= 11 is 0. The number of hydrogen-bond acceptors (Lipinski definition) is 7. The Hall–Kier alpha value is -3.49. The van der Waals surface area contributed by atoms with Gasteiger partial charge in [-0.25, -0.2) is 0 Å².